The number of imidazole rings is 1. The Kier molecular flexibility index (Phi) is 10.0. The highest BCUT2D eigenvalue weighted by atomic mass is 79.9. The minimum absolute atomic E-state index is 0.229. The molecule has 0 fully saturated rings. The molecule has 0 unspecified atom stereocenters. The van der Waals surface area contributed by atoms with Gasteiger partial charge in [0.05, 0.1) is 29.8 Å². The number of ether oxygens (including phenoxy) is 2. The predicted molar refractivity (Wildman–Crippen MR) is 162 cm³/mol. The maximum Gasteiger partial charge on any atom is 0.459 e. The lowest BCUT2D eigenvalue weighted by molar-refractivity contribution is -0.149. The topological polar surface area (TPSA) is 140 Å². The molecule has 4 aromatic rings. The lowest BCUT2D eigenvalue weighted by Gasteiger charge is -2.26. The van der Waals surface area contributed by atoms with Crippen molar-refractivity contribution in [3.8, 4) is 5.75 Å². The van der Waals surface area contributed by atoms with E-state index in [1.165, 1.54) is 0 Å². The van der Waals surface area contributed by atoms with E-state index in [0.29, 0.717) is 29.5 Å². The zero-order valence-corrected chi connectivity index (χ0v) is 26.1. The summed E-state index contributed by atoms with van der Waals surface area (Å²) in [4.78, 5) is 21.8. The van der Waals surface area contributed by atoms with Crippen LogP contribution in [-0.2, 0) is 36.5 Å². The summed E-state index contributed by atoms with van der Waals surface area (Å²) in [6, 6.07) is 13.5. The molecule has 41 heavy (non-hydrogen) atoms. The molecule has 0 bridgehead atoms. The van der Waals surface area contributed by atoms with Gasteiger partial charge in [-0.15, -0.1) is 0 Å². The molecule has 4 rings (SSSR count). The van der Waals surface area contributed by atoms with Gasteiger partial charge in [0.15, 0.2) is 5.82 Å². The van der Waals surface area contributed by atoms with Crippen molar-refractivity contribution in [3.05, 3.63) is 58.8 Å². The number of hydrogen-bond donors (Lipinski definition) is 2. The van der Waals surface area contributed by atoms with Crippen molar-refractivity contribution in [3.63, 3.8) is 0 Å². The van der Waals surface area contributed by atoms with Crippen LogP contribution in [0.5, 0.6) is 5.75 Å². The zero-order valence-electron chi connectivity index (χ0n) is 23.7. The van der Waals surface area contributed by atoms with Crippen molar-refractivity contribution in [1.29, 1.82) is 0 Å². The van der Waals surface area contributed by atoms with Gasteiger partial charge in [-0.05, 0) is 65.0 Å². The molecule has 220 valence electrons. The molecule has 11 nitrogen and oxygen atoms in total. The number of fused-ring (bicyclic) bond motifs is 3. The monoisotopic (exact) mass is 647 g/mol. The number of halogens is 1. The van der Waals surface area contributed by atoms with Gasteiger partial charge >= 0.3 is 13.7 Å². The van der Waals surface area contributed by atoms with Gasteiger partial charge < -0.3 is 24.3 Å². The molecule has 3 atom stereocenters. The van der Waals surface area contributed by atoms with Crippen LogP contribution in [0.1, 0.15) is 40.4 Å². The number of esters is 1. The first-order valence-corrected chi connectivity index (χ1v) is 15.7. The van der Waals surface area contributed by atoms with Gasteiger partial charge in [0.2, 0.25) is 0 Å². The molecule has 0 aliphatic rings. The van der Waals surface area contributed by atoms with Crippen molar-refractivity contribution in [1.82, 2.24) is 19.6 Å². The first-order chi connectivity index (χ1) is 19.5. The molecule has 0 spiro atoms. The minimum atomic E-state index is -4.11. The van der Waals surface area contributed by atoms with Gasteiger partial charge in [0.1, 0.15) is 29.7 Å². The Labute approximate surface area is 247 Å². The number of nitrogens with one attached hydrogen (secondary N) is 1. The highest BCUT2D eigenvalue weighted by Gasteiger charge is 2.35. The maximum absolute atomic E-state index is 14.1. The van der Waals surface area contributed by atoms with Gasteiger partial charge in [-0.2, -0.15) is 5.09 Å². The number of hydrogen-bond acceptors (Lipinski definition) is 9. The van der Waals surface area contributed by atoms with E-state index in [-0.39, 0.29) is 19.3 Å². The molecule has 3 N–H and O–H groups in total. The van der Waals surface area contributed by atoms with Crippen molar-refractivity contribution < 1.29 is 27.9 Å². The molecule has 0 amide bonds. The van der Waals surface area contributed by atoms with E-state index in [0.717, 1.165) is 20.9 Å². The summed E-state index contributed by atoms with van der Waals surface area (Å²) in [5, 5.41) is 3.60. The third-order valence-corrected chi connectivity index (χ3v) is 8.30. The Morgan fingerprint density at radius 3 is 2.49 bits per heavy atom. The Morgan fingerprint density at radius 2 is 1.80 bits per heavy atom. The Bertz CT molecular complexity index is 1560. The van der Waals surface area contributed by atoms with Crippen molar-refractivity contribution in [2.75, 3.05) is 12.3 Å². The molecule has 2 heterocycles. The average Bonchev–Trinajstić information content (AvgIpc) is 3.26. The number of pyridine rings is 1. The number of aromatic nitrogens is 3. The summed E-state index contributed by atoms with van der Waals surface area (Å²) < 4.78 is 39.8. The molecule has 2 aromatic heterocycles. The first kappa shape index (κ1) is 30.9. The van der Waals surface area contributed by atoms with Crippen LogP contribution in [-0.4, -0.2) is 45.4 Å². The normalized spacial score (nSPS) is 14.7. The van der Waals surface area contributed by atoms with E-state index in [1.807, 2.05) is 35.8 Å². The van der Waals surface area contributed by atoms with E-state index in [1.54, 1.807) is 52.0 Å². The number of para-hydroxylation sites is 1. The quantitative estimate of drug-likeness (QED) is 0.131. The second kappa shape index (κ2) is 13.3. The summed E-state index contributed by atoms with van der Waals surface area (Å²) >= 11 is 3.38. The van der Waals surface area contributed by atoms with Gasteiger partial charge in [0, 0.05) is 16.5 Å². The second-order valence-electron chi connectivity index (χ2n) is 9.78. The number of nitrogens with zero attached hydrogens (tertiary/aromatic N) is 3. The van der Waals surface area contributed by atoms with Gasteiger partial charge in [-0.25, -0.2) is 14.5 Å². The Balaban J connectivity index is 1.68. The van der Waals surface area contributed by atoms with Crippen LogP contribution < -0.4 is 15.3 Å². The molecular formula is C28H35BrN5O6P. The van der Waals surface area contributed by atoms with E-state index in [4.69, 9.17) is 29.2 Å². The molecule has 13 heteroatoms. The number of benzene rings is 2. The Morgan fingerprint density at radius 1 is 1.10 bits per heavy atom. The van der Waals surface area contributed by atoms with E-state index < -0.39 is 25.9 Å². The summed E-state index contributed by atoms with van der Waals surface area (Å²) in [5.41, 5.74) is 8.33. The lowest BCUT2D eigenvalue weighted by Crippen LogP contribution is -2.37. The fourth-order valence-corrected chi connectivity index (χ4v) is 6.21. The van der Waals surface area contributed by atoms with Gasteiger partial charge in [-0.1, -0.05) is 34.1 Å². The van der Waals surface area contributed by atoms with Crippen LogP contribution in [0.2, 0.25) is 0 Å². The van der Waals surface area contributed by atoms with Gasteiger partial charge in [-0.3, -0.25) is 9.32 Å². The minimum Gasteiger partial charge on any atom is -0.462 e. The second-order valence-corrected chi connectivity index (χ2v) is 12.3. The lowest BCUT2D eigenvalue weighted by atomic mass is 10.2. The predicted octanol–water partition coefficient (Wildman–Crippen LogP) is 5.99. The van der Waals surface area contributed by atoms with Crippen molar-refractivity contribution in [2.45, 2.75) is 66.0 Å². The number of carbonyl (C=O) groups is 1. The Hall–Kier alpha value is -3.02. The standard InChI is InChI=1S/C28H35BrN5O6P/c1-6-37-16-24-32-25-26(22-9-7-8-10-23(22)31-27(25)30)34(24)15-18(4)39-41(36,33-19(5)28(35)38-17(2)3)40-21-13-11-20(29)12-14-21/h7-14,17-19H,6,15-16H2,1-5H3,(H2,30,31)(H,33,36)/t18-,19-,41+/m0/s1. The zero-order chi connectivity index (χ0) is 29.7. The number of anilines is 1. The number of rotatable bonds is 13. The summed E-state index contributed by atoms with van der Waals surface area (Å²) in [5.74, 6) is 0.639. The van der Waals surface area contributed by atoms with Crippen LogP contribution in [0.4, 0.5) is 5.82 Å². The third kappa shape index (κ3) is 7.64. The van der Waals surface area contributed by atoms with Crippen LogP contribution in [0, 0.1) is 0 Å². The molecular weight excluding hydrogens is 613 g/mol. The number of nitrogens with two attached hydrogens (primary N) is 1. The highest BCUT2D eigenvalue weighted by molar-refractivity contribution is 9.10. The fourth-order valence-electron chi connectivity index (χ4n) is 4.27. The molecule has 0 aliphatic heterocycles. The SMILES string of the molecule is CCOCc1nc2c(N)nc3ccccc3c2n1C[C@H](C)O[P@](=O)(N[C@@H](C)C(=O)OC(C)C)Oc1ccc(Br)cc1. The molecule has 2 aromatic carbocycles. The molecule has 0 saturated heterocycles. The highest BCUT2D eigenvalue weighted by Crippen LogP contribution is 2.46. The molecule has 0 saturated carbocycles. The van der Waals surface area contributed by atoms with Crippen LogP contribution in [0.25, 0.3) is 21.9 Å². The largest absolute Gasteiger partial charge is 0.462 e. The molecule has 0 aliphatic carbocycles. The smallest absolute Gasteiger partial charge is 0.459 e. The van der Waals surface area contributed by atoms with E-state index >= 15 is 0 Å². The summed E-state index contributed by atoms with van der Waals surface area (Å²) in [6.45, 7) is 9.64. The maximum atomic E-state index is 14.1. The van der Waals surface area contributed by atoms with Crippen LogP contribution in [0.3, 0.4) is 0 Å². The van der Waals surface area contributed by atoms with Crippen molar-refractivity contribution >= 4 is 57.4 Å². The summed E-state index contributed by atoms with van der Waals surface area (Å²) in [6.07, 6.45) is -1.02. The third-order valence-electron chi connectivity index (χ3n) is 5.98. The summed E-state index contributed by atoms with van der Waals surface area (Å²) in [7, 11) is -4.11. The van der Waals surface area contributed by atoms with Gasteiger partial charge in [0.25, 0.3) is 0 Å². The fraction of sp³-hybridized carbons (Fsp3) is 0.393. The molecule has 0 radical (unpaired) electrons. The van der Waals surface area contributed by atoms with Crippen LogP contribution in [0.15, 0.2) is 53.0 Å². The average molecular weight is 648 g/mol. The first-order valence-electron chi connectivity index (χ1n) is 13.3. The van der Waals surface area contributed by atoms with E-state index in [2.05, 4.69) is 26.0 Å². The number of carbonyl (C=O) groups excluding carboxylic acids is 1. The number of nitrogen functional groups attached to an aromatic ring is 1. The van der Waals surface area contributed by atoms with Crippen molar-refractivity contribution in [2.24, 2.45) is 0 Å². The van der Waals surface area contributed by atoms with E-state index in [9.17, 15) is 9.36 Å². The van der Waals surface area contributed by atoms with Crippen LogP contribution >= 0.6 is 23.7 Å².